The van der Waals surface area contributed by atoms with Crippen LogP contribution in [0.1, 0.15) is 54.1 Å². The average Bonchev–Trinajstić information content (AvgIpc) is 3.63. The van der Waals surface area contributed by atoms with Crippen LogP contribution in [0.3, 0.4) is 0 Å². The predicted octanol–water partition coefficient (Wildman–Crippen LogP) is 5.56. The van der Waals surface area contributed by atoms with E-state index in [9.17, 15) is 22.4 Å². The van der Waals surface area contributed by atoms with Crippen molar-refractivity contribution >= 4 is 39.2 Å². The Morgan fingerprint density at radius 2 is 1.60 bits per heavy atom. The molecule has 8 nitrogen and oxygen atoms in total. The summed E-state index contributed by atoms with van der Waals surface area (Å²) < 4.78 is 43.2. The lowest BCUT2D eigenvalue weighted by Gasteiger charge is -2.44. The van der Waals surface area contributed by atoms with Gasteiger partial charge in [-0.25, -0.2) is 17.6 Å². The van der Waals surface area contributed by atoms with E-state index < -0.39 is 27.3 Å². The third kappa shape index (κ3) is 5.25. The van der Waals surface area contributed by atoms with Gasteiger partial charge in [0.2, 0.25) is 0 Å². The van der Waals surface area contributed by atoms with Crippen LogP contribution in [0.25, 0.3) is 0 Å². The number of carbonyl (C=O) groups is 2. The topological polar surface area (TPSA) is 90.0 Å². The molecule has 0 saturated carbocycles. The molecule has 0 aromatic heterocycles. The third-order valence-corrected chi connectivity index (χ3v) is 11.5. The van der Waals surface area contributed by atoms with E-state index in [4.69, 9.17) is 11.6 Å². The minimum absolute atomic E-state index is 0.00745. The van der Waals surface area contributed by atoms with Gasteiger partial charge < -0.3 is 15.1 Å². The van der Waals surface area contributed by atoms with Crippen LogP contribution in [0.15, 0.2) is 71.6 Å². The highest BCUT2D eigenvalue weighted by Crippen LogP contribution is 2.53. The Morgan fingerprint density at radius 3 is 2.28 bits per heavy atom. The van der Waals surface area contributed by atoms with Gasteiger partial charge in [0.1, 0.15) is 5.82 Å². The van der Waals surface area contributed by atoms with E-state index in [1.807, 2.05) is 34.9 Å². The van der Waals surface area contributed by atoms with Crippen LogP contribution in [-0.2, 0) is 22.0 Å². The van der Waals surface area contributed by atoms with Gasteiger partial charge in [0.25, 0.3) is 15.9 Å². The zero-order valence-electron chi connectivity index (χ0n) is 23.9. The second kappa shape index (κ2) is 11.5. The van der Waals surface area contributed by atoms with Gasteiger partial charge in [-0.15, -0.1) is 0 Å². The van der Waals surface area contributed by atoms with Crippen molar-refractivity contribution in [2.45, 2.75) is 55.5 Å². The second-order valence-corrected chi connectivity index (χ2v) is 13.8. The Kier molecular flexibility index (Phi) is 7.85. The zero-order chi connectivity index (χ0) is 30.4. The molecule has 2 saturated heterocycles. The molecule has 0 radical (unpaired) electrons. The van der Waals surface area contributed by atoms with Crippen molar-refractivity contribution in [1.29, 1.82) is 0 Å². The Labute approximate surface area is 256 Å². The third-order valence-electron chi connectivity index (χ3n) is 9.25. The van der Waals surface area contributed by atoms with Crippen LogP contribution in [-0.4, -0.2) is 62.4 Å². The number of anilines is 1. The normalized spacial score (nSPS) is 19.5. The van der Waals surface area contributed by atoms with Gasteiger partial charge in [-0.2, -0.15) is 0 Å². The molecule has 3 heterocycles. The van der Waals surface area contributed by atoms with Crippen LogP contribution >= 0.6 is 11.6 Å². The minimum Gasteiger partial charge on any atom is -0.348 e. The summed E-state index contributed by atoms with van der Waals surface area (Å²) in [5.41, 5.74) is 1.84. The van der Waals surface area contributed by atoms with Crippen LogP contribution in [0, 0.1) is 5.82 Å². The van der Waals surface area contributed by atoms with Crippen molar-refractivity contribution in [2.24, 2.45) is 0 Å². The number of fused-ring (bicyclic) bond motifs is 2. The number of amides is 3. The lowest BCUT2D eigenvalue weighted by Crippen LogP contribution is -2.54. The fourth-order valence-electron chi connectivity index (χ4n) is 6.80. The molecule has 1 spiro atoms. The van der Waals surface area contributed by atoms with Gasteiger partial charge in [0.05, 0.1) is 16.6 Å². The molecule has 226 valence electrons. The molecule has 3 aliphatic rings. The molecule has 43 heavy (non-hydrogen) atoms. The van der Waals surface area contributed by atoms with E-state index >= 15 is 0 Å². The molecular weight excluding hydrogens is 591 g/mol. The number of rotatable bonds is 5. The first-order valence-corrected chi connectivity index (χ1v) is 16.4. The number of likely N-dealkylation sites (tertiary alicyclic amines) is 2. The fraction of sp³-hybridized carbons (Fsp3) is 0.375. The first kappa shape index (κ1) is 29.4. The highest BCUT2D eigenvalue weighted by molar-refractivity contribution is 7.92. The maximum atomic E-state index is 14.0. The SMILES string of the molecule is CC1N(S(=O)(=O)c2ccc(F)cc2)c2ccc(C(=O)NCc3ccccc3Cl)cc2C12CCN(C(=O)N1CCCC1)CC2. The molecule has 1 unspecified atom stereocenters. The maximum Gasteiger partial charge on any atom is 0.319 e. The largest absolute Gasteiger partial charge is 0.348 e. The number of hydrogen-bond acceptors (Lipinski definition) is 4. The van der Waals surface area contributed by atoms with Gasteiger partial charge in [0, 0.05) is 48.7 Å². The summed E-state index contributed by atoms with van der Waals surface area (Å²) in [6.45, 7) is 4.61. The van der Waals surface area contributed by atoms with E-state index in [2.05, 4.69) is 5.32 Å². The Hall–Kier alpha value is -3.63. The van der Waals surface area contributed by atoms with Gasteiger partial charge >= 0.3 is 6.03 Å². The molecule has 3 aromatic carbocycles. The molecule has 3 aliphatic heterocycles. The number of benzene rings is 3. The molecule has 6 rings (SSSR count). The maximum absolute atomic E-state index is 14.0. The molecule has 11 heteroatoms. The van der Waals surface area contributed by atoms with Gasteiger partial charge in [0.15, 0.2) is 0 Å². The highest BCUT2D eigenvalue weighted by Gasteiger charge is 2.54. The van der Waals surface area contributed by atoms with E-state index in [1.54, 1.807) is 24.3 Å². The zero-order valence-corrected chi connectivity index (χ0v) is 25.5. The first-order chi connectivity index (χ1) is 20.6. The lowest BCUT2D eigenvalue weighted by atomic mass is 9.70. The monoisotopic (exact) mass is 624 g/mol. The number of urea groups is 1. The number of halogens is 2. The van der Waals surface area contributed by atoms with E-state index in [0.717, 1.165) is 49.2 Å². The van der Waals surface area contributed by atoms with Gasteiger partial charge in [-0.3, -0.25) is 9.10 Å². The lowest BCUT2D eigenvalue weighted by molar-refractivity contribution is 0.0950. The van der Waals surface area contributed by atoms with Crippen molar-refractivity contribution in [3.05, 3.63) is 94.3 Å². The smallest absolute Gasteiger partial charge is 0.319 e. The van der Waals surface area contributed by atoms with Crippen molar-refractivity contribution in [1.82, 2.24) is 15.1 Å². The molecule has 1 N–H and O–H groups in total. The van der Waals surface area contributed by atoms with Crippen molar-refractivity contribution in [2.75, 3.05) is 30.5 Å². The number of hydrogen-bond donors (Lipinski definition) is 1. The predicted molar refractivity (Wildman–Crippen MR) is 163 cm³/mol. The molecule has 1 atom stereocenters. The van der Waals surface area contributed by atoms with Crippen LogP contribution in [0.4, 0.5) is 14.9 Å². The Balaban J connectivity index is 1.34. The first-order valence-electron chi connectivity index (χ1n) is 14.6. The number of nitrogens with one attached hydrogen (secondary N) is 1. The second-order valence-electron chi connectivity index (χ2n) is 11.6. The molecule has 0 bridgehead atoms. The molecule has 3 aromatic rings. The standard InChI is InChI=1S/C32H34ClFN4O4S/c1-22-32(14-18-37(19-15-32)31(40)36-16-4-5-17-36)27-20-23(30(39)35-21-24-6-2-3-7-28(24)33)8-13-29(27)38(22)43(41,42)26-11-9-25(34)10-12-26/h2-3,6-13,20,22H,4-5,14-19,21H2,1H3,(H,35,39). The quantitative estimate of drug-likeness (QED) is 0.403. The minimum atomic E-state index is -4.06. The molecule has 0 aliphatic carbocycles. The summed E-state index contributed by atoms with van der Waals surface area (Å²) in [4.78, 5) is 30.2. The summed E-state index contributed by atoms with van der Waals surface area (Å²) >= 11 is 6.27. The number of sulfonamides is 1. The van der Waals surface area contributed by atoms with Crippen LogP contribution in [0.5, 0.6) is 0 Å². The fourth-order valence-corrected chi connectivity index (χ4v) is 8.74. The Morgan fingerprint density at radius 1 is 0.953 bits per heavy atom. The van der Waals surface area contributed by atoms with E-state index in [0.29, 0.717) is 42.2 Å². The van der Waals surface area contributed by atoms with Crippen LogP contribution < -0.4 is 9.62 Å². The Bertz CT molecular complexity index is 1650. The number of piperidine rings is 1. The van der Waals surface area contributed by atoms with Gasteiger partial charge in [-0.1, -0.05) is 29.8 Å². The highest BCUT2D eigenvalue weighted by atomic mass is 35.5. The summed E-state index contributed by atoms with van der Waals surface area (Å²) in [6.07, 6.45) is 3.10. The number of carbonyl (C=O) groups excluding carboxylic acids is 2. The molecular formula is C32H34ClFN4O4S. The molecule has 2 fully saturated rings. The summed E-state index contributed by atoms with van der Waals surface area (Å²) in [7, 11) is -4.06. The van der Waals surface area contributed by atoms with E-state index in [-0.39, 0.29) is 23.4 Å². The van der Waals surface area contributed by atoms with Gasteiger partial charge in [-0.05, 0) is 92.3 Å². The summed E-state index contributed by atoms with van der Waals surface area (Å²) in [5, 5.41) is 3.48. The summed E-state index contributed by atoms with van der Waals surface area (Å²) in [6, 6.07) is 16.8. The van der Waals surface area contributed by atoms with Crippen molar-refractivity contribution in [3.8, 4) is 0 Å². The number of nitrogens with zero attached hydrogens (tertiary/aromatic N) is 3. The summed E-state index contributed by atoms with van der Waals surface area (Å²) in [5.74, 6) is -0.820. The van der Waals surface area contributed by atoms with Crippen LogP contribution in [0.2, 0.25) is 5.02 Å². The molecule has 3 amide bonds. The van der Waals surface area contributed by atoms with Crippen molar-refractivity contribution < 1.29 is 22.4 Å². The average molecular weight is 625 g/mol. The van der Waals surface area contributed by atoms with E-state index in [1.165, 1.54) is 16.4 Å². The van der Waals surface area contributed by atoms with Crippen molar-refractivity contribution in [3.63, 3.8) is 0 Å².